The molecule has 3 aromatic carbocycles. The van der Waals surface area contributed by atoms with Gasteiger partial charge in [0.2, 0.25) is 11.6 Å². The molecule has 1 N–H and O–H groups in total. The Labute approximate surface area is 205 Å². The van der Waals surface area contributed by atoms with E-state index in [9.17, 15) is 8.42 Å². The minimum absolute atomic E-state index is 0.0958. The predicted octanol–water partition coefficient (Wildman–Crippen LogP) is 4.86. The maximum atomic E-state index is 13.5. The number of nitrogens with zero attached hydrogens (tertiary/aromatic N) is 1. The number of sulfonamides is 1. The lowest BCUT2D eigenvalue weighted by Gasteiger charge is -2.22. The van der Waals surface area contributed by atoms with E-state index in [4.69, 9.17) is 23.9 Å². The number of nitrogens with one attached hydrogen (secondary N) is 1. The Morgan fingerprint density at radius 3 is 2.23 bits per heavy atom. The summed E-state index contributed by atoms with van der Waals surface area (Å²) >= 11 is 0. The van der Waals surface area contributed by atoms with Crippen molar-refractivity contribution in [3.8, 4) is 17.2 Å². The summed E-state index contributed by atoms with van der Waals surface area (Å²) < 4.78 is 52.3. The first-order chi connectivity index (χ1) is 16.6. The zero-order chi connectivity index (χ0) is 25.4. The van der Waals surface area contributed by atoms with E-state index in [0.29, 0.717) is 23.8 Å². The number of rotatable bonds is 7. The Hall–Kier alpha value is -3.46. The number of aliphatic imine (C=N–C) groups is 1. The monoisotopic (exact) mass is 498 g/mol. The lowest BCUT2D eigenvalue weighted by Crippen LogP contribution is -2.25. The van der Waals surface area contributed by atoms with E-state index in [0.717, 1.165) is 10.8 Å². The van der Waals surface area contributed by atoms with Crippen molar-refractivity contribution in [2.75, 3.05) is 32.7 Å². The molecule has 0 spiro atoms. The van der Waals surface area contributed by atoms with Crippen LogP contribution in [-0.4, -0.2) is 48.3 Å². The molecular formula is C26H30N2O6S. The molecule has 1 aliphatic rings. The van der Waals surface area contributed by atoms with Gasteiger partial charge in [0, 0.05) is 0 Å². The third kappa shape index (κ3) is 4.73. The summed E-state index contributed by atoms with van der Waals surface area (Å²) in [6.45, 7) is 6.61. The highest BCUT2D eigenvalue weighted by molar-refractivity contribution is 7.92. The Kier molecular flexibility index (Phi) is 6.55. The van der Waals surface area contributed by atoms with E-state index in [1.165, 1.54) is 21.3 Å². The fraction of sp³-hybridized carbons (Fsp3) is 0.346. The highest BCUT2D eigenvalue weighted by Gasteiger charge is 2.34. The molecule has 186 valence electrons. The fourth-order valence-electron chi connectivity index (χ4n) is 3.92. The smallest absolute Gasteiger partial charge is 0.262 e. The SMILES string of the molecule is COc1cc(C2=N[C@H](C(C)(C)C)CO2)c(NS(=O)(=O)c2ccc3ccccc3c2)c(OC)c1OC. The summed E-state index contributed by atoms with van der Waals surface area (Å²) in [5.41, 5.74) is 0.426. The molecule has 0 fully saturated rings. The molecule has 9 heteroatoms. The van der Waals surface area contributed by atoms with Crippen LogP contribution in [0.15, 0.2) is 58.4 Å². The normalized spacial score (nSPS) is 15.9. The summed E-state index contributed by atoms with van der Waals surface area (Å²) in [6.07, 6.45) is 0. The van der Waals surface area contributed by atoms with Gasteiger partial charge in [0.15, 0.2) is 11.5 Å². The first-order valence-corrected chi connectivity index (χ1v) is 12.6. The molecule has 0 saturated heterocycles. The third-order valence-electron chi connectivity index (χ3n) is 5.98. The Bertz CT molecular complexity index is 1390. The maximum absolute atomic E-state index is 13.5. The second-order valence-corrected chi connectivity index (χ2v) is 11.0. The van der Waals surface area contributed by atoms with E-state index in [2.05, 4.69) is 25.5 Å². The van der Waals surface area contributed by atoms with Crippen LogP contribution >= 0.6 is 0 Å². The Balaban J connectivity index is 1.87. The molecule has 0 aliphatic carbocycles. The average Bonchev–Trinajstić information content (AvgIpc) is 3.34. The molecule has 1 heterocycles. The molecule has 0 aromatic heterocycles. The van der Waals surface area contributed by atoms with Crippen molar-refractivity contribution in [1.29, 1.82) is 0 Å². The summed E-state index contributed by atoms with van der Waals surface area (Å²) in [4.78, 5) is 4.86. The van der Waals surface area contributed by atoms with Crippen LogP contribution in [0.4, 0.5) is 5.69 Å². The van der Waals surface area contributed by atoms with E-state index in [1.807, 2.05) is 24.3 Å². The van der Waals surface area contributed by atoms with Crippen LogP contribution in [0.5, 0.6) is 17.2 Å². The van der Waals surface area contributed by atoms with Crippen LogP contribution < -0.4 is 18.9 Å². The zero-order valence-corrected chi connectivity index (χ0v) is 21.5. The predicted molar refractivity (Wildman–Crippen MR) is 137 cm³/mol. The summed E-state index contributed by atoms with van der Waals surface area (Å²) in [5.74, 6) is 1.08. The molecular weight excluding hydrogens is 468 g/mol. The first-order valence-electron chi connectivity index (χ1n) is 11.1. The van der Waals surface area contributed by atoms with Crippen LogP contribution in [0.25, 0.3) is 10.8 Å². The fourth-order valence-corrected chi connectivity index (χ4v) is 5.04. The van der Waals surface area contributed by atoms with Crippen LogP contribution in [0.2, 0.25) is 0 Å². The maximum Gasteiger partial charge on any atom is 0.262 e. The van der Waals surface area contributed by atoms with Crippen molar-refractivity contribution in [3.05, 3.63) is 54.1 Å². The van der Waals surface area contributed by atoms with Gasteiger partial charge in [-0.05, 0) is 34.4 Å². The van der Waals surface area contributed by atoms with Crippen molar-refractivity contribution < 1.29 is 27.4 Å². The van der Waals surface area contributed by atoms with Crippen LogP contribution in [0, 0.1) is 5.41 Å². The molecule has 0 amide bonds. The number of hydrogen-bond acceptors (Lipinski definition) is 7. The van der Waals surface area contributed by atoms with E-state index in [1.54, 1.807) is 24.3 Å². The first kappa shape index (κ1) is 24.7. The number of fused-ring (bicyclic) bond motifs is 1. The van der Waals surface area contributed by atoms with E-state index < -0.39 is 10.0 Å². The molecule has 0 radical (unpaired) electrons. The Morgan fingerprint density at radius 2 is 1.63 bits per heavy atom. The third-order valence-corrected chi connectivity index (χ3v) is 7.33. The van der Waals surface area contributed by atoms with Crippen molar-refractivity contribution in [2.24, 2.45) is 10.4 Å². The quantitative estimate of drug-likeness (QED) is 0.500. The van der Waals surface area contributed by atoms with Gasteiger partial charge in [-0.2, -0.15) is 0 Å². The number of benzene rings is 3. The number of hydrogen-bond donors (Lipinski definition) is 1. The second kappa shape index (κ2) is 9.30. The molecule has 0 saturated carbocycles. The topological polar surface area (TPSA) is 95.5 Å². The zero-order valence-electron chi connectivity index (χ0n) is 20.7. The number of anilines is 1. The largest absolute Gasteiger partial charge is 0.493 e. The van der Waals surface area contributed by atoms with Gasteiger partial charge in [-0.3, -0.25) is 4.72 Å². The summed E-state index contributed by atoms with van der Waals surface area (Å²) in [7, 11) is 0.376. The highest BCUT2D eigenvalue weighted by atomic mass is 32.2. The van der Waals surface area contributed by atoms with Gasteiger partial charge in [-0.25, -0.2) is 13.4 Å². The van der Waals surface area contributed by atoms with Gasteiger partial charge in [-0.1, -0.05) is 51.1 Å². The van der Waals surface area contributed by atoms with E-state index >= 15 is 0 Å². The standard InChI is InChI=1S/C26H30N2O6S/c1-26(2,3)21-15-34-25(27-21)19-14-20(31-4)23(32-5)24(33-6)22(19)28-35(29,30)18-12-11-16-9-7-8-10-17(16)13-18/h7-14,21,28H,15H2,1-6H3/t21-/m0/s1. The van der Waals surface area contributed by atoms with Crippen molar-refractivity contribution >= 4 is 32.4 Å². The van der Waals surface area contributed by atoms with Gasteiger partial charge < -0.3 is 18.9 Å². The van der Waals surface area contributed by atoms with E-state index in [-0.39, 0.29) is 33.5 Å². The minimum Gasteiger partial charge on any atom is -0.493 e. The van der Waals surface area contributed by atoms with Gasteiger partial charge in [0.05, 0.1) is 37.8 Å². The van der Waals surface area contributed by atoms with Crippen LogP contribution in [-0.2, 0) is 14.8 Å². The van der Waals surface area contributed by atoms with Gasteiger partial charge in [0.25, 0.3) is 10.0 Å². The molecule has 3 aromatic rings. The summed E-state index contributed by atoms with van der Waals surface area (Å²) in [6, 6.07) is 14.1. The van der Waals surface area contributed by atoms with Crippen molar-refractivity contribution in [2.45, 2.75) is 31.7 Å². The molecule has 4 rings (SSSR count). The highest BCUT2D eigenvalue weighted by Crippen LogP contribution is 2.47. The van der Waals surface area contributed by atoms with Gasteiger partial charge in [-0.15, -0.1) is 0 Å². The molecule has 1 aliphatic heterocycles. The van der Waals surface area contributed by atoms with Crippen LogP contribution in [0.3, 0.4) is 0 Å². The lowest BCUT2D eigenvalue weighted by atomic mass is 9.88. The average molecular weight is 499 g/mol. The Morgan fingerprint density at radius 1 is 0.943 bits per heavy atom. The van der Waals surface area contributed by atoms with Crippen molar-refractivity contribution in [3.63, 3.8) is 0 Å². The van der Waals surface area contributed by atoms with Crippen molar-refractivity contribution in [1.82, 2.24) is 0 Å². The molecule has 0 unspecified atom stereocenters. The molecule has 1 atom stereocenters. The molecule has 8 nitrogen and oxygen atoms in total. The number of methoxy groups -OCH3 is 3. The second-order valence-electron chi connectivity index (χ2n) is 9.31. The van der Waals surface area contributed by atoms with Gasteiger partial charge in [0.1, 0.15) is 12.3 Å². The van der Waals surface area contributed by atoms with Crippen LogP contribution in [0.1, 0.15) is 26.3 Å². The number of ether oxygens (including phenoxy) is 4. The lowest BCUT2D eigenvalue weighted by molar-refractivity contribution is 0.236. The minimum atomic E-state index is -4.01. The van der Waals surface area contributed by atoms with Gasteiger partial charge >= 0.3 is 0 Å². The summed E-state index contributed by atoms with van der Waals surface area (Å²) in [5, 5.41) is 1.75. The molecule has 35 heavy (non-hydrogen) atoms. The molecule has 0 bridgehead atoms.